The van der Waals surface area contributed by atoms with Crippen molar-refractivity contribution in [2.75, 3.05) is 0 Å². The normalized spacial score (nSPS) is 7.71. The predicted molar refractivity (Wildman–Crippen MR) is 33.9 cm³/mol. The van der Waals surface area contributed by atoms with Crippen molar-refractivity contribution >= 4 is 9.24 Å². The minimum Gasteiger partial charge on any atom is -0.365 e. The molecule has 46 valence electrons. The molecule has 1 unspecified atom stereocenters. The van der Waals surface area contributed by atoms with E-state index in [1.54, 1.807) is 9.24 Å². The smallest absolute Gasteiger partial charge is 0.164 e. The molecule has 2 N–H and O–H groups in total. The molecule has 1 atom stereocenters. The van der Waals surface area contributed by atoms with Gasteiger partial charge in [0.1, 0.15) is 0 Å². The quantitative estimate of drug-likeness (QED) is 0.365. The second-order valence-electron chi connectivity index (χ2n) is 1.12. The second kappa shape index (κ2) is 9.61. The van der Waals surface area contributed by atoms with E-state index in [0.717, 1.165) is 0 Å². The van der Waals surface area contributed by atoms with E-state index in [1.807, 2.05) is 0 Å². The maximum absolute atomic E-state index is 7.57. The van der Waals surface area contributed by atoms with Gasteiger partial charge in [-0.25, -0.2) is 0 Å². The van der Waals surface area contributed by atoms with Crippen molar-refractivity contribution in [2.24, 2.45) is 0 Å². The average Bonchev–Trinajstić information content (AvgIpc) is 1.33. The van der Waals surface area contributed by atoms with Gasteiger partial charge in [0.2, 0.25) is 0 Å². The lowest BCUT2D eigenvalue weighted by molar-refractivity contribution is 0.0395. The summed E-state index contributed by atoms with van der Waals surface area (Å²) >= 11 is 0. The molecule has 0 saturated carbocycles. The van der Waals surface area contributed by atoms with E-state index in [1.165, 1.54) is 6.42 Å². The standard InChI is InChI=1S/C3H8.CH5O2P/c1-3-2;2-1(3)4/h3H2,1-2H3;1-3H,4H2. The molecule has 0 aromatic rings. The zero-order chi connectivity index (χ0) is 6.28. The molecule has 0 aromatic carbocycles. The van der Waals surface area contributed by atoms with E-state index in [0.29, 0.717) is 0 Å². The van der Waals surface area contributed by atoms with E-state index < -0.39 is 6.03 Å². The van der Waals surface area contributed by atoms with Gasteiger partial charge in [-0.15, -0.1) is 0 Å². The van der Waals surface area contributed by atoms with Gasteiger partial charge in [0.25, 0.3) is 0 Å². The molecule has 7 heavy (non-hydrogen) atoms. The van der Waals surface area contributed by atoms with Crippen molar-refractivity contribution in [3.05, 3.63) is 0 Å². The summed E-state index contributed by atoms with van der Waals surface area (Å²) in [6.45, 7) is 4.25. The van der Waals surface area contributed by atoms with Gasteiger partial charge in [-0.05, 0) is 0 Å². The Labute approximate surface area is 46.8 Å². The Balaban J connectivity index is 0. The van der Waals surface area contributed by atoms with Crippen molar-refractivity contribution in [3.63, 3.8) is 0 Å². The Kier molecular flexibility index (Phi) is 14.2. The van der Waals surface area contributed by atoms with Gasteiger partial charge in [-0.3, -0.25) is 0 Å². The molecule has 0 aliphatic rings. The van der Waals surface area contributed by atoms with Gasteiger partial charge in [0.15, 0.2) is 6.03 Å². The van der Waals surface area contributed by atoms with Crippen LogP contribution in [0.3, 0.4) is 0 Å². The van der Waals surface area contributed by atoms with E-state index in [2.05, 4.69) is 13.8 Å². The molecule has 0 bridgehead atoms. The SMILES string of the molecule is CCC.OC(O)P. The molecule has 0 saturated heterocycles. The lowest BCUT2D eigenvalue weighted by Gasteiger charge is -1.80. The van der Waals surface area contributed by atoms with Crippen LogP contribution in [-0.2, 0) is 0 Å². The summed E-state index contributed by atoms with van der Waals surface area (Å²) in [7, 11) is 1.77. The number of hydrogen-bond donors (Lipinski definition) is 2. The van der Waals surface area contributed by atoms with E-state index in [-0.39, 0.29) is 0 Å². The highest BCUT2D eigenvalue weighted by atomic mass is 31.0. The lowest BCUT2D eigenvalue weighted by Crippen LogP contribution is -1.85. The predicted octanol–water partition coefficient (Wildman–Crippen LogP) is 0.546. The first-order chi connectivity index (χ1) is 3.15. The van der Waals surface area contributed by atoms with Crippen molar-refractivity contribution in [2.45, 2.75) is 26.3 Å². The Morgan fingerprint density at radius 1 is 1.43 bits per heavy atom. The Morgan fingerprint density at radius 2 is 1.43 bits per heavy atom. The van der Waals surface area contributed by atoms with E-state index >= 15 is 0 Å². The van der Waals surface area contributed by atoms with Crippen LogP contribution in [0.5, 0.6) is 0 Å². The summed E-state index contributed by atoms with van der Waals surface area (Å²) in [4.78, 5) is 0. The van der Waals surface area contributed by atoms with Crippen LogP contribution in [0.25, 0.3) is 0 Å². The first kappa shape index (κ1) is 10.4. The van der Waals surface area contributed by atoms with Crippen molar-refractivity contribution in [3.8, 4) is 0 Å². The minimum absolute atomic E-state index is 1.25. The van der Waals surface area contributed by atoms with Crippen LogP contribution in [0.15, 0.2) is 0 Å². The minimum atomic E-state index is -1.25. The van der Waals surface area contributed by atoms with Gasteiger partial charge in [0, 0.05) is 0 Å². The zero-order valence-electron chi connectivity index (χ0n) is 4.76. The summed E-state index contributed by atoms with van der Waals surface area (Å²) in [5.74, 6) is 0. The number of hydrogen-bond acceptors (Lipinski definition) is 2. The molecule has 0 spiro atoms. The summed E-state index contributed by atoms with van der Waals surface area (Å²) < 4.78 is 0. The fourth-order valence-electron chi connectivity index (χ4n) is 0. The zero-order valence-corrected chi connectivity index (χ0v) is 5.91. The average molecular weight is 124 g/mol. The molecule has 0 rings (SSSR count). The first-order valence-corrected chi connectivity index (χ1v) is 2.93. The molecular weight excluding hydrogens is 111 g/mol. The molecule has 0 heterocycles. The highest BCUT2D eigenvalue weighted by Gasteiger charge is 1.70. The van der Waals surface area contributed by atoms with Gasteiger partial charge >= 0.3 is 0 Å². The van der Waals surface area contributed by atoms with Gasteiger partial charge in [0.05, 0.1) is 0 Å². The number of rotatable bonds is 0. The molecule has 3 heteroatoms. The van der Waals surface area contributed by atoms with E-state index in [9.17, 15) is 0 Å². The molecule has 0 aliphatic carbocycles. The lowest BCUT2D eigenvalue weighted by atomic mass is 10.6. The van der Waals surface area contributed by atoms with Crippen LogP contribution >= 0.6 is 9.24 Å². The monoisotopic (exact) mass is 124 g/mol. The molecular formula is C4H13O2P. The van der Waals surface area contributed by atoms with Crippen LogP contribution in [0, 0.1) is 0 Å². The maximum Gasteiger partial charge on any atom is 0.164 e. The summed E-state index contributed by atoms with van der Waals surface area (Å²) in [5, 5.41) is 15.1. The molecule has 0 aromatic heterocycles. The summed E-state index contributed by atoms with van der Waals surface area (Å²) in [5.41, 5.74) is 0. The third-order valence-electron chi connectivity index (χ3n) is 0. The Hall–Kier alpha value is 0.350. The van der Waals surface area contributed by atoms with Gasteiger partial charge in [-0.1, -0.05) is 29.5 Å². The second-order valence-corrected chi connectivity index (χ2v) is 1.72. The molecule has 0 fully saturated rings. The van der Waals surface area contributed by atoms with Crippen LogP contribution in [-0.4, -0.2) is 16.2 Å². The van der Waals surface area contributed by atoms with Crippen LogP contribution in [0.2, 0.25) is 0 Å². The number of aliphatic hydroxyl groups is 2. The molecule has 0 radical (unpaired) electrons. The highest BCUT2D eigenvalue weighted by Crippen LogP contribution is 1.81. The molecule has 0 amide bonds. The fraction of sp³-hybridized carbons (Fsp3) is 1.00. The highest BCUT2D eigenvalue weighted by molar-refractivity contribution is 7.16. The molecule has 2 nitrogen and oxygen atoms in total. The van der Waals surface area contributed by atoms with E-state index in [4.69, 9.17) is 10.2 Å². The van der Waals surface area contributed by atoms with Crippen LogP contribution in [0.1, 0.15) is 20.3 Å². The third-order valence-corrected chi connectivity index (χ3v) is 0. The van der Waals surface area contributed by atoms with Crippen LogP contribution in [0.4, 0.5) is 0 Å². The van der Waals surface area contributed by atoms with Crippen molar-refractivity contribution in [1.82, 2.24) is 0 Å². The fourth-order valence-corrected chi connectivity index (χ4v) is 0. The molecule has 0 aliphatic heterocycles. The summed E-state index contributed by atoms with van der Waals surface area (Å²) in [6.07, 6.45) is 1.25. The first-order valence-electron chi connectivity index (χ1n) is 2.26. The van der Waals surface area contributed by atoms with Crippen LogP contribution < -0.4 is 0 Å². The topological polar surface area (TPSA) is 40.5 Å². The van der Waals surface area contributed by atoms with Crippen molar-refractivity contribution < 1.29 is 10.2 Å². The van der Waals surface area contributed by atoms with Gasteiger partial charge in [-0.2, -0.15) is 0 Å². The summed E-state index contributed by atoms with van der Waals surface area (Å²) in [6, 6.07) is -1.25. The number of aliphatic hydroxyl groups excluding tert-OH is 1. The largest absolute Gasteiger partial charge is 0.365 e. The maximum atomic E-state index is 7.57. The third kappa shape index (κ3) is 981. The Bertz CT molecular complexity index is 20.9. The Morgan fingerprint density at radius 3 is 1.43 bits per heavy atom. The van der Waals surface area contributed by atoms with Crippen molar-refractivity contribution in [1.29, 1.82) is 0 Å². The van der Waals surface area contributed by atoms with Gasteiger partial charge < -0.3 is 10.2 Å².